The zero-order valence-corrected chi connectivity index (χ0v) is 11.0. The number of nitrogens with zero attached hydrogens (tertiary/aromatic N) is 1. The molecule has 1 amide bonds. The molecule has 0 radical (unpaired) electrons. The molecule has 1 atom stereocenters. The predicted octanol–water partition coefficient (Wildman–Crippen LogP) is 2.28. The lowest BCUT2D eigenvalue weighted by atomic mass is 10.1. The van der Waals surface area contributed by atoms with Crippen LogP contribution in [0.4, 0.5) is 0 Å². The van der Waals surface area contributed by atoms with Gasteiger partial charge in [-0.15, -0.1) is 11.6 Å². The number of carbonyl (C=O) groups excluding carboxylic acids is 1. The van der Waals surface area contributed by atoms with Gasteiger partial charge in [0.15, 0.2) is 0 Å². The highest BCUT2D eigenvalue weighted by molar-refractivity contribution is 6.17. The first kappa shape index (κ1) is 13.8. The predicted molar refractivity (Wildman–Crippen MR) is 65.7 cm³/mol. The third-order valence-electron chi connectivity index (χ3n) is 3.18. The van der Waals surface area contributed by atoms with E-state index in [-0.39, 0.29) is 5.91 Å². The summed E-state index contributed by atoms with van der Waals surface area (Å²) < 4.78 is 5.06. The molecule has 3 nitrogen and oxygen atoms in total. The molecule has 94 valence electrons. The van der Waals surface area contributed by atoms with Crippen LogP contribution in [0.5, 0.6) is 0 Å². The maximum absolute atomic E-state index is 12.0. The van der Waals surface area contributed by atoms with Crippen LogP contribution >= 0.6 is 11.6 Å². The Morgan fingerprint density at radius 1 is 1.56 bits per heavy atom. The van der Waals surface area contributed by atoms with E-state index in [0.717, 1.165) is 6.42 Å². The minimum Gasteiger partial charge on any atom is -0.383 e. The molecule has 1 aliphatic rings. The Balaban J connectivity index is 2.43. The van der Waals surface area contributed by atoms with E-state index >= 15 is 0 Å². The minimum absolute atomic E-state index is 0.220. The molecule has 0 bridgehead atoms. The van der Waals surface area contributed by atoms with E-state index in [1.165, 1.54) is 12.8 Å². The Morgan fingerprint density at radius 2 is 2.25 bits per heavy atom. The van der Waals surface area contributed by atoms with Gasteiger partial charge in [-0.05, 0) is 32.1 Å². The number of alkyl halides is 1. The summed E-state index contributed by atoms with van der Waals surface area (Å²) in [5, 5.41) is 0. The number of rotatable bonds is 8. The largest absolute Gasteiger partial charge is 0.383 e. The van der Waals surface area contributed by atoms with Gasteiger partial charge in [0.2, 0.25) is 5.91 Å². The first-order valence-corrected chi connectivity index (χ1v) is 6.58. The molecule has 1 rings (SSSR count). The summed E-state index contributed by atoms with van der Waals surface area (Å²) in [6, 6.07) is 0.359. The maximum Gasteiger partial charge on any atom is 0.222 e. The monoisotopic (exact) mass is 247 g/mol. The van der Waals surface area contributed by atoms with Crippen molar-refractivity contribution in [1.29, 1.82) is 0 Å². The average Bonchev–Trinajstić information content (AvgIpc) is 3.10. The first-order valence-electron chi connectivity index (χ1n) is 6.05. The van der Waals surface area contributed by atoms with Gasteiger partial charge < -0.3 is 9.64 Å². The van der Waals surface area contributed by atoms with Crippen LogP contribution in [0, 0.1) is 5.92 Å². The maximum atomic E-state index is 12.0. The number of hydrogen-bond acceptors (Lipinski definition) is 2. The van der Waals surface area contributed by atoms with Gasteiger partial charge in [-0.2, -0.15) is 0 Å². The van der Waals surface area contributed by atoms with Gasteiger partial charge >= 0.3 is 0 Å². The van der Waals surface area contributed by atoms with Gasteiger partial charge in [0.05, 0.1) is 6.61 Å². The molecule has 0 aliphatic heterocycles. The number of amides is 1. The van der Waals surface area contributed by atoms with Crippen LogP contribution < -0.4 is 0 Å². The van der Waals surface area contributed by atoms with Crippen LogP contribution in [-0.4, -0.2) is 43.0 Å². The van der Waals surface area contributed by atoms with Crippen molar-refractivity contribution >= 4 is 17.5 Å². The lowest BCUT2D eigenvalue weighted by Crippen LogP contribution is -2.41. The van der Waals surface area contributed by atoms with Crippen molar-refractivity contribution in [3.8, 4) is 0 Å². The molecular formula is C12H22ClNO2. The van der Waals surface area contributed by atoms with Crippen LogP contribution in [0.25, 0.3) is 0 Å². The second kappa shape index (κ2) is 7.13. The SMILES string of the molecule is COCCN(C(=O)CCCCl)C(C)C1CC1. The molecule has 1 aliphatic carbocycles. The van der Waals surface area contributed by atoms with Crippen molar-refractivity contribution in [1.82, 2.24) is 4.90 Å². The van der Waals surface area contributed by atoms with E-state index in [4.69, 9.17) is 16.3 Å². The highest BCUT2D eigenvalue weighted by Gasteiger charge is 2.33. The van der Waals surface area contributed by atoms with Gasteiger partial charge in [0.1, 0.15) is 0 Å². The molecule has 1 saturated carbocycles. The molecule has 0 aromatic rings. The molecule has 16 heavy (non-hydrogen) atoms. The normalized spacial score (nSPS) is 17.2. The summed E-state index contributed by atoms with van der Waals surface area (Å²) in [6.07, 6.45) is 3.84. The molecule has 4 heteroatoms. The van der Waals surface area contributed by atoms with Crippen molar-refractivity contribution in [2.75, 3.05) is 26.1 Å². The molecule has 0 spiro atoms. The number of ether oxygens (including phenoxy) is 1. The Kier molecular flexibility index (Phi) is 6.14. The van der Waals surface area contributed by atoms with Crippen molar-refractivity contribution in [3.05, 3.63) is 0 Å². The highest BCUT2D eigenvalue weighted by atomic mass is 35.5. The number of halogens is 1. The zero-order chi connectivity index (χ0) is 12.0. The topological polar surface area (TPSA) is 29.5 Å². The smallest absolute Gasteiger partial charge is 0.222 e. The Bertz CT molecular complexity index is 219. The summed E-state index contributed by atoms with van der Waals surface area (Å²) in [4.78, 5) is 14.0. The fourth-order valence-corrected chi connectivity index (χ4v) is 2.07. The van der Waals surface area contributed by atoms with Crippen LogP contribution in [0.1, 0.15) is 32.6 Å². The zero-order valence-electron chi connectivity index (χ0n) is 10.2. The molecule has 1 fully saturated rings. The van der Waals surface area contributed by atoms with Crippen LogP contribution in [0.2, 0.25) is 0 Å². The Morgan fingerprint density at radius 3 is 2.75 bits per heavy atom. The van der Waals surface area contributed by atoms with E-state index in [1.54, 1.807) is 7.11 Å². The van der Waals surface area contributed by atoms with E-state index in [0.29, 0.717) is 37.4 Å². The van der Waals surface area contributed by atoms with Gasteiger partial charge in [0, 0.05) is 32.0 Å². The summed E-state index contributed by atoms with van der Waals surface area (Å²) >= 11 is 5.61. The van der Waals surface area contributed by atoms with E-state index < -0.39 is 0 Å². The van der Waals surface area contributed by atoms with Gasteiger partial charge in [-0.25, -0.2) is 0 Å². The third-order valence-corrected chi connectivity index (χ3v) is 3.44. The lowest BCUT2D eigenvalue weighted by Gasteiger charge is -2.29. The molecule has 0 N–H and O–H groups in total. The Hall–Kier alpha value is -0.280. The Labute approximate surface area is 103 Å². The minimum atomic E-state index is 0.220. The third kappa shape index (κ3) is 4.30. The lowest BCUT2D eigenvalue weighted by molar-refractivity contribution is -0.134. The van der Waals surface area contributed by atoms with E-state index in [2.05, 4.69) is 6.92 Å². The summed E-state index contributed by atoms with van der Waals surface area (Å²) in [7, 11) is 1.67. The second-order valence-corrected chi connectivity index (χ2v) is 4.83. The molecule has 0 aromatic heterocycles. The van der Waals surface area contributed by atoms with Crippen molar-refractivity contribution in [3.63, 3.8) is 0 Å². The van der Waals surface area contributed by atoms with Gasteiger partial charge in [0.25, 0.3) is 0 Å². The fraction of sp³-hybridized carbons (Fsp3) is 0.917. The molecular weight excluding hydrogens is 226 g/mol. The fourth-order valence-electron chi connectivity index (χ4n) is 1.94. The van der Waals surface area contributed by atoms with E-state index in [9.17, 15) is 4.79 Å². The van der Waals surface area contributed by atoms with Gasteiger partial charge in [-0.1, -0.05) is 0 Å². The summed E-state index contributed by atoms with van der Waals surface area (Å²) in [6.45, 7) is 3.46. The highest BCUT2D eigenvalue weighted by Crippen LogP contribution is 2.35. The quantitative estimate of drug-likeness (QED) is 0.616. The number of hydrogen-bond donors (Lipinski definition) is 0. The van der Waals surface area contributed by atoms with Gasteiger partial charge in [-0.3, -0.25) is 4.79 Å². The van der Waals surface area contributed by atoms with Crippen LogP contribution in [0.15, 0.2) is 0 Å². The summed E-state index contributed by atoms with van der Waals surface area (Å²) in [5.74, 6) is 1.48. The number of methoxy groups -OCH3 is 1. The van der Waals surface area contributed by atoms with Crippen molar-refractivity contribution < 1.29 is 9.53 Å². The standard InChI is InChI=1S/C12H22ClNO2/c1-10(11-5-6-11)14(8-9-16-2)12(15)4-3-7-13/h10-11H,3-9H2,1-2H3. The number of carbonyl (C=O) groups is 1. The van der Waals surface area contributed by atoms with Crippen molar-refractivity contribution in [2.45, 2.75) is 38.6 Å². The molecule has 0 saturated heterocycles. The second-order valence-electron chi connectivity index (χ2n) is 4.45. The molecule has 1 unspecified atom stereocenters. The van der Waals surface area contributed by atoms with E-state index in [1.807, 2.05) is 4.90 Å². The van der Waals surface area contributed by atoms with Crippen molar-refractivity contribution in [2.24, 2.45) is 5.92 Å². The molecule has 0 aromatic carbocycles. The van der Waals surface area contributed by atoms with Crippen LogP contribution in [0.3, 0.4) is 0 Å². The first-order chi connectivity index (χ1) is 7.70. The molecule has 0 heterocycles. The van der Waals surface area contributed by atoms with Crippen LogP contribution in [-0.2, 0) is 9.53 Å². The summed E-state index contributed by atoms with van der Waals surface area (Å²) in [5.41, 5.74) is 0. The average molecular weight is 248 g/mol.